The zero-order valence-corrected chi connectivity index (χ0v) is 18.3. The van der Waals surface area contributed by atoms with Crippen molar-refractivity contribution in [3.8, 4) is 11.3 Å². The smallest absolute Gasteiger partial charge is 0.416 e. The Morgan fingerprint density at radius 3 is 2.57 bits per heavy atom. The molecule has 2 atom stereocenters. The molecule has 178 valence electrons. The van der Waals surface area contributed by atoms with Gasteiger partial charge in [0, 0.05) is 23.0 Å². The van der Waals surface area contributed by atoms with Crippen molar-refractivity contribution in [2.75, 3.05) is 4.90 Å². The first-order valence-corrected chi connectivity index (χ1v) is 10.7. The molecule has 0 spiro atoms. The third-order valence-corrected chi connectivity index (χ3v) is 5.80. The van der Waals surface area contributed by atoms with Gasteiger partial charge in [-0.3, -0.25) is 9.78 Å². The number of hydrogen-bond acceptors (Lipinski definition) is 6. The Kier molecular flexibility index (Phi) is 5.52. The van der Waals surface area contributed by atoms with Crippen molar-refractivity contribution in [1.29, 1.82) is 0 Å². The predicted molar refractivity (Wildman–Crippen MR) is 121 cm³/mol. The maximum Gasteiger partial charge on any atom is 0.416 e. The first-order chi connectivity index (χ1) is 16.7. The number of amides is 1. The first kappa shape index (κ1) is 22.6. The number of aromatic nitrogens is 2. The van der Waals surface area contributed by atoms with E-state index in [0.717, 1.165) is 12.1 Å². The fourth-order valence-corrected chi connectivity index (χ4v) is 4.04. The van der Waals surface area contributed by atoms with Gasteiger partial charge in [0.25, 0.3) is 5.91 Å². The SMILES string of the molecule is C[C@H](NC(=O)c1ccc2c(c1)-c1ocnc1C(O)N2c1ccc(C(F)(F)F)cc1)c1ccccn1. The molecule has 0 radical (unpaired) electrons. The summed E-state index contributed by atoms with van der Waals surface area (Å²) in [6.45, 7) is 1.82. The summed E-state index contributed by atoms with van der Waals surface area (Å²) in [5.41, 5.74) is 1.67. The van der Waals surface area contributed by atoms with Crippen LogP contribution in [-0.4, -0.2) is 21.0 Å². The number of carbonyl (C=O) groups excluding carboxylic acids is 1. The van der Waals surface area contributed by atoms with E-state index < -0.39 is 18.0 Å². The lowest BCUT2D eigenvalue weighted by molar-refractivity contribution is -0.137. The van der Waals surface area contributed by atoms with E-state index in [9.17, 15) is 23.1 Å². The fourth-order valence-electron chi connectivity index (χ4n) is 4.04. The molecule has 35 heavy (non-hydrogen) atoms. The molecular weight excluding hydrogens is 461 g/mol. The van der Waals surface area contributed by atoms with Gasteiger partial charge in [0.2, 0.25) is 0 Å². The summed E-state index contributed by atoms with van der Waals surface area (Å²) < 4.78 is 44.6. The molecule has 1 aliphatic heterocycles. The number of hydrogen-bond donors (Lipinski definition) is 2. The Bertz CT molecular complexity index is 1370. The average molecular weight is 480 g/mol. The van der Waals surface area contributed by atoms with Gasteiger partial charge in [-0.2, -0.15) is 13.2 Å². The Labute approximate surface area is 197 Å². The molecule has 1 amide bonds. The Morgan fingerprint density at radius 1 is 1.11 bits per heavy atom. The van der Waals surface area contributed by atoms with Crippen LogP contribution in [0.15, 0.2) is 77.7 Å². The fraction of sp³-hybridized carbons (Fsp3) is 0.160. The summed E-state index contributed by atoms with van der Waals surface area (Å²) in [5.74, 6) is -0.0673. The van der Waals surface area contributed by atoms with E-state index in [1.807, 2.05) is 19.1 Å². The predicted octanol–water partition coefficient (Wildman–Crippen LogP) is 5.39. The van der Waals surface area contributed by atoms with E-state index >= 15 is 0 Å². The van der Waals surface area contributed by atoms with Crippen molar-refractivity contribution < 1.29 is 27.5 Å². The molecule has 5 rings (SSSR count). The zero-order valence-electron chi connectivity index (χ0n) is 18.3. The number of fused-ring (bicyclic) bond motifs is 3. The quantitative estimate of drug-likeness (QED) is 0.407. The summed E-state index contributed by atoms with van der Waals surface area (Å²) in [6.07, 6.45) is -2.96. The molecule has 0 aliphatic carbocycles. The average Bonchev–Trinajstić information content (AvgIpc) is 3.35. The third kappa shape index (κ3) is 4.12. The van der Waals surface area contributed by atoms with Crippen LogP contribution in [0.3, 0.4) is 0 Å². The topological polar surface area (TPSA) is 91.5 Å². The molecule has 10 heteroatoms. The Morgan fingerprint density at radius 2 is 1.89 bits per heavy atom. The highest BCUT2D eigenvalue weighted by Crippen LogP contribution is 2.47. The number of aliphatic hydroxyl groups is 1. The van der Waals surface area contributed by atoms with Gasteiger partial charge in [0.05, 0.1) is 23.0 Å². The summed E-state index contributed by atoms with van der Waals surface area (Å²) in [4.78, 5) is 22.7. The largest absolute Gasteiger partial charge is 0.443 e. The molecule has 0 fully saturated rings. The molecule has 1 unspecified atom stereocenters. The second-order valence-electron chi connectivity index (χ2n) is 8.04. The number of aliphatic hydroxyl groups excluding tert-OH is 1. The van der Waals surface area contributed by atoms with Crippen molar-refractivity contribution in [2.24, 2.45) is 0 Å². The number of nitrogens with zero attached hydrogens (tertiary/aromatic N) is 3. The number of anilines is 2. The van der Waals surface area contributed by atoms with Crippen LogP contribution in [0.5, 0.6) is 0 Å². The summed E-state index contributed by atoms with van der Waals surface area (Å²) >= 11 is 0. The summed E-state index contributed by atoms with van der Waals surface area (Å²) in [5, 5.41) is 13.8. The van der Waals surface area contributed by atoms with Crippen molar-refractivity contribution in [3.63, 3.8) is 0 Å². The summed E-state index contributed by atoms with van der Waals surface area (Å²) in [7, 11) is 0. The van der Waals surface area contributed by atoms with Crippen molar-refractivity contribution in [3.05, 3.63) is 95.8 Å². The van der Waals surface area contributed by atoms with E-state index in [2.05, 4.69) is 15.3 Å². The molecule has 0 saturated carbocycles. The third-order valence-electron chi connectivity index (χ3n) is 5.80. The molecule has 3 heterocycles. The minimum atomic E-state index is -4.48. The van der Waals surface area contributed by atoms with Gasteiger partial charge >= 0.3 is 6.18 Å². The van der Waals surface area contributed by atoms with Gasteiger partial charge in [-0.1, -0.05) is 6.07 Å². The highest BCUT2D eigenvalue weighted by atomic mass is 19.4. The normalized spacial score (nSPS) is 15.8. The second kappa shape index (κ2) is 8.55. The van der Waals surface area contributed by atoms with E-state index in [1.54, 1.807) is 30.5 Å². The van der Waals surface area contributed by atoms with Gasteiger partial charge in [-0.15, -0.1) is 0 Å². The lowest BCUT2D eigenvalue weighted by Crippen LogP contribution is -2.29. The minimum absolute atomic E-state index is 0.191. The van der Waals surface area contributed by atoms with Crippen LogP contribution in [0, 0.1) is 0 Å². The number of benzene rings is 2. The van der Waals surface area contributed by atoms with E-state index in [4.69, 9.17) is 4.42 Å². The van der Waals surface area contributed by atoms with Crippen molar-refractivity contribution in [1.82, 2.24) is 15.3 Å². The number of carbonyl (C=O) groups is 1. The zero-order chi connectivity index (χ0) is 24.7. The van der Waals surface area contributed by atoms with Crippen LogP contribution in [0.1, 0.15) is 46.5 Å². The number of oxazole rings is 1. The van der Waals surface area contributed by atoms with E-state index in [-0.39, 0.29) is 23.4 Å². The molecule has 2 aromatic carbocycles. The maximum atomic E-state index is 13.0. The van der Waals surface area contributed by atoms with Crippen LogP contribution < -0.4 is 10.2 Å². The minimum Gasteiger partial charge on any atom is -0.443 e. The van der Waals surface area contributed by atoms with Crippen LogP contribution in [0.2, 0.25) is 0 Å². The van der Waals surface area contributed by atoms with E-state index in [0.29, 0.717) is 28.2 Å². The molecule has 1 aliphatic rings. The lowest BCUT2D eigenvalue weighted by atomic mass is 9.98. The van der Waals surface area contributed by atoms with Gasteiger partial charge in [0.1, 0.15) is 5.69 Å². The van der Waals surface area contributed by atoms with Crippen LogP contribution in [0.4, 0.5) is 24.5 Å². The standard InChI is InChI=1S/C25H19F3N4O3/c1-14(19-4-2-3-11-29-19)31-23(33)15-5-10-20-18(12-15)22-21(30-13-35-22)24(34)32(20)17-8-6-16(7-9-17)25(26,27)28/h2-14,24,34H,1H3,(H,31,33)/t14-,24?/m0/s1. The Hall–Kier alpha value is -4.18. The highest BCUT2D eigenvalue weighted by Gasteiger charge is 2.36. The number of alkyl halides is 3. The molecule has 7 nitrogen and oxygen atoms in total. The lowest BCUT2D eigenvalue weighted by Gasteiger charge is -2.34. The van der Waals surface area contributed by atoms with Crippen molar-refractivity contribution in [2.45, 2.75) is 25.4 Å². The van der Waals surface area contributed by atoms with Gasteiger partial charge in [0.15, 0.2) is 18.4 Å². The van der Waals surface area contributed by atoms with Crippen LogP contribution >= 0.6 is 0 Å². The molecule has 0 saturated heterocycles. The number of halogens is 3. The monoisotopic (exact) mass is 480 g/mol. The van der Waals surface area contributed by atoms with Gasteiger partial charge in [-0.05, 0) is 61.5 Å². The molecule has 2 N–H and O–H groups in total. The molecular formula is C25H19F3N4O3. The Balaban J connectivity index is 1.50. The van der Waals surface area contributed by atoms with E-state index in [1.165, 1.54) is 23.4 Å². The number of nitrogens with one attached hydrogen (secondary N) is 1. The van der Waals surface area contributed by atoms with Crippen molar-refractivity contribution >= 4 is 17.3 Å². The highest BCUT2D eigenvalue weighted by molar-refractivity contribution is 5.98. The first-order valence-electron chi connectivity index (χ1n) is 10.7. The summed E-state index contributed by atoms with van der Waals surface area (Å²) in [6, 6.07) is 14.3. The number of pyridine rings is 1. The van der Waals surface area contributed by atoms with Gasteiger partial charge < -0.3 is 19.7 Å². The molecule has 0 bridgehead atoms. The van der Waals surface area contributed by atoms with Crippen LogP contribution in [0.25, 0.3) is 11.3 Å². The molecule has 2 aromatic heterocycles. The number of rotatable bonds is 4. The van der Waals surface area contributed by atoms with Gasteiger partial charge in [-0.25, -0.2) is 4.98 Å². The maximum absolute atomic E-state index is 13.0. The second-order valence-corrected chi connectivity index (χ2v) is 8.04. The molecule has 4 aromatic rings. The van der Waals surface area contributed by atoms with Crippen LogP contribution in [-0.2, 0) is 6.18 Å².